The van der Waals surface area contributed by atoms with Crippen LogP contribution in [0.2, 0.25) is 0 Å². The molecule has 0 aromatic heterocycles. The summed E-state index contributed by atoms with van der Waals surface area (Å²) in [6, 6.07) is 0. The maximum Gasteiger partial charge on any atom is 0.170 e. The molecule has 11 heavy (non-hydrogen) atoms. The summed E-state index contributed by atoms with van der Waals surface area (Å²) < 4.78 is 0. The van der Waals surface area contributed by atoms with Gasteiger partial charge in [0.2, 0.25) is 0 Å². The van der Waals surface area contributed by atoms with E-state index in [1.54, 1.807) is 6.21 Å². The second-order valence-corrected chi connectivity index (χ2v) is 2.48. The van der Waals surface area contributed by atoms with Crippen LogP contribution in [0.1, 0.15) is 6.42 Å². The van der Waals surface area contributed by atoms with Crippen LogP contribution in [0.15, 0.2) is 28.5 Å². The third-order valence-electron chi connectivity index (χ3n) is 1.72. The molecule has 0 aromatic carbocycles. The molecule has 0 saturated heterocycles. The van der Waals surface area contributed by atoms with Gasteiger partial charge in [-0.2, -0.15) is 0 Å². The number of carbonyl (C=O) groups is 1. The Bertz CT molecular complexity index is 286. The molecule has 56 valence electrons. The van der Waals surface area contributed by atoms with Gasteiger partial charge in [-0.25, -0.2) is 4.99 Å². The first-order chi connectivity index (χ1) is 5.38. The maximum atomic E-state index is 11.1. The summed E-state index contributed by atoms with van der Waals surface area (Å²) >= 11 is 0. The standard InChI is InChI=1S/C8H8N2O/c11-7-3-1-2-6(7)8-9-4-5-10-8/h1-2,4,10H,3,5H2/b8-6+. The highest BCUT2D eigenvalue weighted by Gasteiger charge is 2.16. The summed E-state index contributed by atoms with van der Waals surface area (Å²) in [6.07, 6.45) is 5.98. The smallest absolute Gasteiger partial charge is 0.170 e. The molecule has 0 fully saturated rings. The third kappa shape index (κ3) is 0.981. The molecule has 0 spiro atoms. The minimum Gasteiger partial charge on any atom is -0.364 e. The topological polar surface area (TPSA) is 41.5 Å². The summed E-state index contributed by atoms with van der Waals surface area (Å²) in [5, 5.41) is 3.01. The molecule has 1 heterocycles. The second kappa shape index (κ2) is 2.34. The van der Waals surface area contributed by atoms with E-state index in [1.807, 2.05) is 12.2 Å². The number of Topliss-reactive ketones (excluding diaryl/α,β-unsaturated/α-hetero) is 1. The molecule has 0 radical (unpaired) electrons. The van der Waals surface area contributed by atoms with Crippen molar-refractivity contribution in [2.24, 2.45) is 4.99 Å². The molecule has 0 bridgehead atoms. The fraction of sp³-hybridized carbons (Fsp3) is 0.250. The molecule has 0 atom stereocenters. The summed E-state index contributed by atoms with van der Waals surface area (Å²) in [7, 11) is 0. The average molecular weight is 148 g/mol. The Kier molecular flexibility index (Phi) is 1.35. The van der Waals surface area contributed by atoms with Gasteiger partial charge in [-0.1, -0.05) is 12.2 Å². The second-order valence-electron chi connectivity index (χ2n) is 2.48. The molecule has 0 amide bonds. The van der Waals surface area contributed by atoms with Crippen LogP contribution < -0.4 is 5.32 Å². The van der Waals surface area contributed by atoms with Crippen molar-refractivity contribution >= 4 is 12.0 Å². The quantitative estimate of drug-likeness (QED) is 0.505. The van der Waals surface area contributed by atoms with E-state index in [4.69, 9.17) is 0 Å². The number of aliphatic imine (C=N–C) groups is 1. The first-order valence-corrected chi connectivity index (χ1v) is 3.58. The molecule has 1 N–H and O–H groups in total. The fourth-order valence-corrected chi connectivity index (χ4v) is 1.19. The van der Waals surface area contributed by atoms with Gasteiger partial charge in [-0.3, -0.25) is 4.79 Å². The summed E-state index contributed by atoms with van der Waals surface area (Å²) in [6.45, 7) is 0.736. The minimum absolute atomic E-state index is 0.159. The monoisotopic (exact) mass is 148 g/mol. The van der Waals surface area contributed by atoms with Gasteiger partial charge in [-0.15, -0.1) is 0 Å². The lowest BCUT2D eigenvalue weighted by molar-refractivity contribution is -0.114. The minimum atomic E-state index is 0.159. The van der Waals surface area contributed by atoms with Crippen molar-refractivity contribution in [3.63, 3.8) is 0 Å². The van der Waals surface area contributed by atoms with Crippen LogP contribution in [0.3, 0.4) is 0 Å². The lowest BCUT2D eigenvalue weighted by atomic mass is 10.2. The number of nitrogens with one attached hydrogen (secondary N) is 1. The molecular formula is C8H8N2O. The largest absolute Gasteiger partial charge is 0.364 e. The van der Waals surface area contributed by atoms with E-state index in [9.17, 15) is 4.79 Å². The molecule has 2 aliphatic rings. The van der Waals surface area contributed by atoms with Crippen molar-refractivity contribution in [3.05, 3.63) is 23.5 Å². The number of carbonyl (C=O) groups excluding carboxylic acids is 1. The summed E-state index contributed by atoms with van der Waals surface area (Å²) in [4.78, 5) is 15.2. The summed E-state index contributed by atoms with van der Waals surface area (Å²) in [5.41, 5.74) is 0.721. The van der Waals surface area contributed by atoms with Gasteiger partial charge in [0.15, 0.2) is 5.78 Å². The van der Waals surface area contributed by atoms with Gasteiger partial charge in [0.1, 0.15) is 5.82 Å². The van der Waals surface area contributed by atoms with E-state index < -0.39 is 0 Å². The van der Waals surface area contributed by atoms with Crippen LogP contribution in [0, 0.1) is 0 Å². The van der Waals surface area contributed by atoms with Gasteiger partial charge >= 0.3 is 0 Å². The van der Waals surface area contributed by atoms with Gasteiger partial charge in [-0.05, 0) is 0 Å². The van der Waals surface area contributed by atoms with E-state index in [1.165, 1.54) is 0 Å². The molecular weight excluding hydrogens is 140 g/mol. The van der Waals surface area contributed by atoms with E-state index >= 15 is 0 Å². The lowest BCUT2D eigenvalue weighted by Gasteiger charge is -1.98. The van der Waals surface area contributed by atoms with Gasteiger partial charge in [0, 0.05) is 12.6 Å². The van der Waals surface area contributed by atoms with Crippen molar-refractivity contribution < 1.29 is 4.79 Å². The van der Waals surface area contributed by atoms with Crippen LogP contribution in [0.4, 0.5) is 0 Å². The number of nitrogens with zero attached hydrogens (tertiary/aromatic N) is 1. The van der Waals surface area contributed by atoms with E-state index in [0.717, 1.165) is 17.9 Å². The maximum absolute atomic E-state index is 11.1. The normalized spacial score (nSPS) is 28.2. The SMILES string of the molecule is O=C1CC=C/C1=C1/N=CCN1. The van der Waals surface area contributed by atoms with Crippen LogP contribution >= 0.6 is 0 Å². The van der Waals surface area contributed by atoms with Crippen LogP contribution in [0.25, 0.3) is 0 Å². The van der Waals surface area contributed by atoms with Crippen molar-refractivity contribution in [3.8, 4) is 0 Å². The van der Waals surface area contributed by atoms with Crippen LogP contribution in [-0.2, 0) is 4.79 Å². The van der Waals surface area contributed by atoms with Gasteiger partial charge in [0.25, 0.3) is 0 Å². The number of hydrogen-bond acceptors (Lipinski definition) is 3. The zero-order chi connectivity index (χ0) is 7.68. The predicted molar refractivity (Wildman–Crippen MR) is 42.3 cm³/mol. The molecule has 0 aromatic rings. The van der Waals surface area contributed by atoms with Gasteiger partial charge in [0.05, 0.1) is 12.1 Å². The Balaban J connectivity index is 2.38. The predicted octanol–water partition coefficient (Wildman–Crippen LogP) is 0.401. The average Bonchev–Trinajstić information content (AvgIpc) is 2.55. The highest BCUT2D eigenvalue weighted by Crippen LogP contribution is 2.16. The molecule has 2 rings (SSSR count). The fourth-order valence-electron chi connectivity index (χ4n) is 1.19. The van der Waals surface area contributed by atoms with Crippen molar-refractivity contribution in [1.82, 2.24) is 5.32 Å². The zero-order valence-corrected chi connectivity index (χ0v) is 6.00. The highest BCUT2D eigenvalue weighted by molar-refractivity contribution is 6.02. The number of hydrogen-bond donors (Lipinski definition) is 1. The highest BCUT2D eigenvalue weighted by atomic mass is 16.1. The van der Waals surface area contributed by atoms with E-state index in [-0.39, 0.29) is 5.78 Å². The Morgan fingerprint density at radius 2 is 2.45 bits per heavy atom. The molecule has 0 saturated carbocycles. The van der Waals surface area contributed by atoms with Crippen molar-refractivity contribution in [1.29, 1.82) is 0 Å². The number of allylic oxidation sites excluding steroid dienone is 3. The van der Waals surface area contributed by atoms with Crippen LogP contribution in [-0.4, -0.2) is 18.5 Å². The third-order valence-corrected chi connectivity index (χ3v) is 1.72. The molecule has 3 nitrogen and oxygen atoms in total. The van der Waals surface area contributed by atoms with Gasteiger partial charge < -0.3 is 5.32 Å². The first kappa shape index (κ1) is 6.34. The van der Waals surface area contributed by atoms with E-state index in [0.29, 0.717) is 6.42 Å². The van der Waals surface area contributed by atoms with E-state index in [2.05, 4.69) is 10.3 Å². The van der Waals surface area contributed by atoms with Crippen LogP contribution in [0.5, 0.6) is 0 Å². The lowest BCUT2D eigenvalue weighted by Crippen LogP contribution is -2.10. The number of ketones is 1. The Morgan fingerprint density at radius 1 is 1.55 bits per heavy atom. The molecule has 0 unspecified atom stereocenters. The molecule has 1 aliphatic heterocycles. The zero-order valence-electron chi connectivity index (χ0n) is 6.00. The Morgan fingerprint density at radius 3 is 3.00 bits per heavy atom. The number of rotatable bonds is 0. The van der Waals surface area contributed by atoms with Crippen molar-refractivity contribution in [2.75, 3.05) is 6.54 Å². The summed E-state index contributed by atoms with van der Waals surface area (Å²) in [5.74, 6) is 0.885. The Hall–Kier alpha value is -1.38. The first-order valence-electron chi connectivity index (χ1n) is 3.58. The molecule has 3 heteroatoms. The Labute approximate surface area is 64.5 Å². The van der Waals surface area contributed by atoms with Crippen molar-refractivity contribution in [2.45, 2.75) is 6.42 Å². The molecule has 1 aliphatic carbocycles.